The number of nitrogens with one attached hydrogen (secondary N) is 1. The molecule has 0 aliphatic rings. The molecule has 2 aromatic carbocycles. The molecular formula is C24H20N6O4. The van der Waals surface area contributed by atoms with Crippen molar-refractivity contribution in [3.63, 3.8) is 0 Å². The van der Waals surface area contributed by atoms with Gasteiger partial charge in [0.15, 0.2) is 11.4 Å². The van der Waals surface area contributed by atoms with Crippen molar-refractivity contribution in [1.29, 1.82) is 0 Å². The third-order valence-corrected chi connectivity index (χ3v) is 5.09. The molecule has 0 aliphatic heterocycles. The molecule has 3 heterocycles. The topological polar surface area (TPSA) is 117 Å². The normalized spacial score (nSPS) is 11.0. The third kappa shape index (κ3) is 4.29. The number of carbonyl (C=O) groups excluding carboxylic acids is 1. The summed E-state index contributed by atoms with van der Waals surface area (Å²) in [6.45, 7) is 3.70. The van der Waals surface area contributed by atoms with Crippen LogP contribution in [-0.4, -0.2) is 30.5 Å². The van der Waals surface area contributed by atoms with Gasteiger partial charge in [0.2, 0.25) is 11.8 Å². The Morgan fingerprint density at radius 3 is 2.53 bits per heavy atom. The molecule has 1 amide bonds. The summed E-state index contributed by atoms with van der Waals surface area (Å²) in [7, 11) is 0. The first-order valence-electron chi connectivity index (χ1n) is 10.5. The van der Waals surface area contributed by atoms with E-state index in [4.69, 9.17) is 9.15 Å². The number of benzene rings is 2. The Kier molecular flexibility index (Phi) is 5.38. The Balaban J connectivity index is 1.22. The smallest absolute Gasteiger partial charge is 0.420 e. The molecule has 1 N–H and O–H groups in total. The van der Waals surface area contributed by atoms with Crippen molar-refractivity contribution in [3.05, 3.63) is 88.7 Å². The SMILES string of the molecule is Cc1cc(C)n(-c2ccc(Oc3ccc(NC(=O)Cn4c(=O)oc5ccccc54)cc3)nn2)n1. The summed E-state index contributed by atoms with van der Waals surface area (Å²) in [6, 6.07) is 19.2. The van der Waals surface area contributed by atoms with Crippen molar-refractivity contribution < 1.29 is 13.9 Å². The number of anilines is 1. The van der Waals surface area contributed by atoms with Crippen LogP contribution < -0.4 is 15.8 Å². The predicted octanol–water partition coefficient (Wildman–Crippen LogP) is 3.62. The average molecular weight is 456 g/mol. The Morgan fingerprint density at radius 1 is 1.03 bits per heavy atom. The summed E-state index contributed by atoms with van der Waals surface area (Å²) in [5.41, 5.74) is 3.43. The van der Waals surface area contributed by atoms with Crippen LogP contribution in [0.25, 0.3) is 16.9 Å². The van der Waals surface area contributed by atoms with Gasteiger partial charge in [-0.15, -0.1) is 10.2 Å². The lowest BCUT2D eigenvalue weighted by molar-refractivity contribution is -0.116. The molecule has 34 heavy (non-hydrogen) atoms. The number of ether oxygens (including phenoxy) is 1. The molecule has 5 rings (SSSR count). The van der Waals surface area contributed by atoms with Gasteiger partial charge in [-0.1, -0.05) is 12.1 Å². The fourth-order valence-electron chi connectivity index (χ4n) is 3.58. The minimum Gasteiger partial charge on any atom is -0.438 e. The van der Waals surface area contributed by atoms with E-state index >= 15 is 0 Å². The molecule has 5 aromatic rings. The lowest BCUT2D eigenvalue weighted by atomic mass is 10.3. The van der Waals surface area contributed by atoms with Crippen molar-refractivity contribution in [1.82, 2.24) is 24.5 Å². The summed E-state index contributed by atoms with van der Waals surface area (Å²) >= 11 is 0. The van der Waals surface area contributed by atoms with Gasteiger partial charge >= 0.3 is 5.76 Å². The van der Waals surface area contributed by atoms with Crippen LogP contribution in [-0.2, 0) is 11.3 Å². The third-order valence-electron chi connectivity index (χ3n) is 5.09. The molecule has 0 radical (unpaired) electrons. The first-order valence-corrected chi connectivity index (χ1v) is 10.5. The predicted molar refractivity (Wildman–Crippen MR) is 124 cm³/mol. The number of aryl methyl sites for hydroxylation is 2. The number of para-hydroxylation sites is 2. The van der Waals surface area contributed by atoms with Gasteiger partial charge in [0.25, 0.3) is 0 Å². The van der Waals surface area contributed by atoms with Crippen LogP contribution in [0.3, 0.4) is 0 Å². The van der Waals surface area contributed by atoms with Crippen LogP contribution in [0.1, 0.15) is 11.4 Å². The van der Waals surface area contributed by atoms with Gasteiger partial charge in [0.1, 0.15) is 12.3 Å². The Morgan fingerprint density at radius 2 is 1.82 bits per heavy atom. The number of hydrogen-bond acceptors (Lipinski definition) is 7. The summed E-state index contributed by atoms with van der Waals surface area (Å²) in [4.78, 5) is 24.5. The highest BCUT2D eigenvalue weighted by Crippen LogP contribution is 2.22. The van der Waals surface area contributed by atoms with E-state index < -0.39 is 5.76 Å². The van der Waals surface area contributed by atoms with Gasteiger partial charge in [-0.2, -0.15) is 5.10 Å². The summed E-state index contributed by atoms with van der Waals surface area (Å²) in [6.07, 6.45) is 0. The summed E-state index contributed by atoms with van der Waals surface area (Å²) < 4.78 is 13.9. The lowest BCUT2D eigenvalue weighted by Crippen LogP contribution is -2.24. The van der Waals surface area contributed by atoms with E-state index in [1.165, 1.54) is 4.57 Å². The van der Waals surface area contributed by atoms with Gasteiger partial charge in [-0.25, -0.2) is 9.48 Å². The highest BCUT2D eigenvalue weighted by Gasteiger charge is 2.13. The Hall–Kier alpha value is -4.73. The van der Waals surface area contributed by atoms with Crippen LogP contribution in [0.5, 0.6) is 11.6 Å². The number of rotatable bonds is 6. The van der Waals surface area contributed by atoms with Gasteiger partial charge < -0.3 is 14.5 Å². The Labute approximate surface area is 193 Å². The second kappa shape index (κ2) is 8.66. The van der Waals surface area contributed by atoms with Crippen LogP contribution in [0, 0.1) is 13.8 Å². The highest BCUT2D eigenvalue weighted by atomic mass is 16.5. The molecule has 0 fully saturated rings. The first kappa shape index (κ1) is 21.1. The fraction of sp³-hybridized carbons (Fsp3) is 0.125. The van der Waals surface area contributed by atoms with E-state index in [0.717, 1.165) is 11.4 Å². The summed E-state index contributed by atoms with van der Waals surface area (Å²) in [5, 5.41) is 15.4. The van der Waals surface area contributed by atoms with E-state index in [9.17, 15) is 9.59 Å². The van der Waals surface area contributed by atoms with E-state index in [2.05, 4.69) is 20.6 Å². The number of fused-ring (bicyclic) bond motifs is 1. The zero-order valence-electron chi connectivity index (χ0n) is 18.4. The molecule has 0 aliphatic carbocycles. The number of carbonyl (C=O) groups is 1. The fourth-order valence-corrected chi connectivity index (χ4v) is 3.58. The highest BCUT2D eigenvalue weighted by molar-refractivity contribution is 5.91. The van der Waals surface area contributed by atoms with Gasteiger partial charge in [-0.05, 0) is 62.4 Å². The van der Waals surface area contributed by atoms with Crippen molar-refractivity contribution in [2.45, 2.75) is 20.4 Å². The second-order valence-electron chi connectivity index (χ2n) is 7.67. The maximum absolute atomic E-state index is 12.5. The minimum atomic E-state index is -0.579. The van der Waals surface area contributed by atoms with E-state index in [1.54, 1.807) is 65.3 Å². The molecule has 0 saturated heterocycles. The van der Waals surface area contributed by atoms with E-state index in [1.807, 2.05) is 19.9 Å². The van der Waals surface area contributed by atoms with Crippen LogP contribution in [0.2, 0.25) is 0 Å². The van der Waals surface area contributed by atoms with Crippen molar-refractivity contribution in [2.24, 2.45) is 0 Å². The zero-order chi connectivity index (χ0) is 23.7. The van der Waals surface area contributed by atoms with Crippen molar-refractivity contribution >= 4 is 22.7 Å². The molecule has 0 bridgehead atoms. The number of aromatic nitrogens is 5. The number of amides is 1. The lowest BCUT2D eigenvalue weighted by Gasteiger charge is -2.08. The molecule has 170 valence electrons. The molecule has 0 unspecified atom stereocenters. The molecule has 0 atom stereocenters. The molecule has 0 saturated carbocycles. The number of oxazole rings is 1. The van der Waals surface area contributed by atoms with E-state index in [0.29, 0.717) is 34.2 Å². The van der Waals surface area contributed by atoms with Crippen LogP contribution in [0.4, 0.5) is 5.69 Å². The van der Waals surface area contributed by atoms with Crippen molar-refractivity contribution in [3.8, 4) is 17.4 Å². The molecular weight excluding hydrogens is 436 g/mol. The van der Waals surface area contributed by atoms with Crippen LogP contribution in [0.15, 0.2) is 75.9 Å². The van der Waals surface area contributed by atoms with E-state index in [-0.39, 0.29) is 12.5 Å². The van der Waals surface area contributed by atoms with Crippen LogP contribution >= 0.6 is 0 Å². The standard InChI is InChI=1S/C24H20N6O4/c1-15-13-16(2)30(28-15)21-11-12-23(27-26-21)33-18-9-7-17(8-10-18)25-22(31)14-29-19-5-3-4-6-20(19)34-24(29)32/h3-13H,14H2,1-2H3,(H,25,31). The average Bonchev–Trinajstić information content (AvgIpc) is 3.33. The summed E-state index contributed by atoms with van der Waals surface area (Å²) in [5.74, 6) is 0.523. The van der Waals surface area contributed by atoms with Gasteiger partial charge in [0, 0.05) is 17.4 Å². The maximum Gasteiger partial charge on any atom is 0.420 e. The monoisotopic (exact) mass is 456 g/mol. The molecule has 0 spiro atoms. The van der Waals surface area contributed by atoms with Gasteiger partial charge in [-0.3, -0.25) is 9.36 Å². The number of nitrogens with zero attached hydrogens (tertiary/aromatic N) is 5. The minimum absolute atomic E-state index is 0.161. The largest absolute Gasteiger partial charge is 0.438 e. The maximum atomic E-state index is 12.5. The second-order valence-corrected chi connectivity index (χ2v) is 7.67. The zero-order valence-corrected chi connectivity index (χ0v) is 18.4. The van der Waals surface area contributed by atoms with Crippen molar-refractivity contribution in [2.75, 3.05) is 5.32 Å². The Bertz CT molecular complexity index is 1530. The molecule has 10 heteroatoms. The van der Waals surface area contributed by atoms with Gasteiger partial charge in [0.05, 0.1) is 11.2 Å². The number of hydrogen-bond donors (Lipinski definition) is 1. The first-order chi connectivity index (χ1) is 16.5. The molecule has 10 nitrogen and oxygen atoms in total. The quantitative estimate of drug-likeness (QED) is 0.415. The molecule has 3 aromatic heterocycles.